The lowest BCUT2D eigenvalue weighted by molar-refractivity contribution is 0.0842. The van der Waals surface area contributed by atoms with Crippen LogP contribution < -0.4 is 16.4 Å². The number of hydrogen-bond acceptors (Lipinski definition) is 4. The molecule has 0 fully saturated rings. The summed E-state index contributed by atoms with van der Waals surface area (Å²) in [5.74, 6) is -0.922. The van der Waals surface area contributed by atoms with Crippen molar-refractivity contribution < 1.29 is 9.59 Å². The second-order valence-electron chi connectivity index (χ2n) is 6.55. The molecule has 0 spiro atoms. The minimum Gasteiger partial charge on any atom is -0.345 e. The zero-order chi connectivity index (χ0) is 21.3. The fourth-order valence-corrected chi connectivity index (χ4v) is 3.55. The van der Waals surface area contributed by atoms with Gasteiger partial charge in [0.15, 0.2) is 0 Å². The van der Waals surface area contributed by atoms with Crippen LogP contribution in [0.4, 0.5) is 0 Å². The number of nitrogens with one attached hydrogen (secondary N) is 2. The lowest BCUT2D eigenvalue weighted by atomic mass is 10.2. The molecule has 0 radical (unpaired) electrons. The van der Waals surface area contributed by atoms with Crippen LogP contribution in [-0.4, -0.2) is 25.9 Å². The van der Waals surface area contributed by atoms with Gasteiger partial charge in [0, 0.05) is 23.3 Å². The molecule has 0 aliphatic carbocycles. The van der Waals surface area contributed by atoms with Gasteiger partial charge in [0.2, 0.25) is 0 Å². The molecule has 8 nitrogen and oxygen atoms in total. The summed E-state index contributed by atoms with van der Waals surface area (Å²) in [6.45, 7) is 0. The Kier molecular flexibility index (Phi) is 5.20. The minimum atomic E-state index is -0.479. The largest absolute Gasteiger partial charge is 0.345 e. The molecule has 0 saturated heterocycles. The number of benzene rings is 2. The normalized spacial score (nSPS) is 10.7. The quantitative estimate of drug-likeness (QED) is 0.454. The standard InChI is InChI=1S/C21H16BrN5O3/c1-26-11-14(22)10-18(26)20(29)25-24-19(28)13-6-8-15(9-7-13)27-12-23-17-5-3-2-4-16(17)21(27)30/h2-12H,1H3,(H,24,28)(H,25,29). The third-order valence-electron chi connectivity index (χ3n) is 4.57. The van der Waals surface area contributed by atoms with Crippen LogP contribution in [0, 0.1) is 0 Å². The van der Waals surface area contributed by atoms with E-state index in [4.69, 9.17) is 0 Å². The molecule has 0 atom stereocenters. The monoisotopic (exact) mass is 465 g/mol. The number of hydrogen-bond donors (Lipinski definition) is 2. The smallest absolute Gasteiger partial charge is 0.286 e. The zero-order valence-electron chi connectivity index (χ0n) is 15.8. The molecule has 4 rings (SSSR count). The van der Waals surface area contributed by atoms with Crippen LogP contribution >= 0.6 is 15.9 Å². The highest BCUT2D eigenvalue weighted by Crippen LogP contribution is 2.13. The molecule has 0 unspecified atom stereocenters. The topological polar surface area (TPSA) is 98.0 Å². The molecule has 2 aromatic carbocycles. The van der Waals surface area contributed by atoms with E-state index in [0.29, 0.717) is 27.8 Å². The lowest BCUT2D eigenvalue weighted by Gasteiger charge is -2.09. The predicted molar refractivity (Wildman–Crippen MR) is 115 cm³/mol. The second kappa shape index (κ2) is 7.96. The molecular weight excluding hydrogens is 450 g/mol. The first-order chi connectivity index (χ1) is 14.4. The van der Waals surface area contributed by atoms with Crippen LogP contribution in [0.25, 0.3) is 16.6 Å². The Morgan fingerprint density at radius 1 is 1.00 bits per heavy atom. The van der Waals surface area contributed by atoms with Crippen molar-refractivity contribution in [3.05, 3.63) is 93.2 Å². The summed E-state index contributed by atoms with van der Waals surface area (Å²) >= 11 is 3.30. The average Bonchev–Trinajstić information content (AvgIpc) is 3.10. The van der Waals surface area contributed by atoms with Crippen molar-refractivity contribution in [3.8, 4) is 5.69 Å². The Morgan fingerprint density at radius 2 is 1.70 bits per heavy atom. The summed E-state index contributed by atoms with van der Waals surface area (Å²) in [6, 6.07) is 15.2. The van der Waals surface area contributed by atoms with Crippen molar-refractivity contribution >= 4 is 38.6 Å². The molecule has 30 heavy (non-hydrogen) atoms. The SMILES string of the molecule is Cn1cc(Br)cc1C(=O)NNC(=O)c1ccc(-n2cnc3ccccc3c2=O)cc1. The van der Waals surface area contributed by atoms with Gasteiger partial charge in [0.25, 0.3) is 17.4 Å². The van der Waals surface area contributed by atoms with Gasteiger partial charge in [-0.3, -0.25) is 29.8 Å². The second-order valence-corrected chi connectivity index (χ2v) is 7.46. The van der Waals surface area contributed by atoms with Crippen LogP contribution in [0.1, 0.15) is 20.8 Å². The maximum Gasteiger partial charge on any atom is 0.286 e. The molecule has 2 amide bonds. The fraction of sp³-hybridized carbons (Fsp3) is 0.0476. The van der Waals surface area contributed by atoms with Gasteiger partial charge in [0.1, 0.15) is 12.0 Å². The van der Waals surface area contributed by atoms with Crippen LogP contribution in [0.2, 0.25) is 0 Å². The van der Waals surface area contributed by atoms with E-state index in [1.807, 2.05) is 6.07 Å². The van der Waals surface area contributed by atoms with Crippen LogP contribution in [-0.2, 0) is 7.05 Å². The molecule has 0 bridgehead atoms. The van der Waals surface area contributed by atoms with Crippen molar-refractivity contribution in [1.29, 1.82) is 0 Å². The van der Waals surface area contributed by atoms with E-state index in [0.717, 1.165) is 4.47 Å². The van der Waals surface area contributed by atoms with E-state index >= 15 is 0 Å². The summed E-state index contributed by atoms with van der Waals surface area (Å²) in [5, 5.41) is 0.511. The van der Waals surface area contributed by atoms with E-state index in [1.54, 1.807) is 66.3 Å². The summed E-state index contributed by atoms with van der Waals surface area (Å²) in [6.07, 6.45) is 3.19. The Hall–Kier alpha value is -3.72. The Bertz CT molecular complexity index is 1320. The molecule has 0 aliphatic rings. The Balaban J connectivity index is 1.49. The van der Waals surface area contributed by atoms with Gasteiger partial charge in [-0.1, -0.05) is 12.1 Å². The number of nitrogens with zero attached hydrogens (tertiary/aromatic N) is 3. The van der Waals surface area contributed by atoms with Gasteiger partial charge in [-0.2, -0.15) is 0 Å². The van der Waals surface area contributed by atoms with Gasteiger partial charge in [0.05, 0.1) is 16.6 Å². The van der Waals surface area contributed by atoms with Crippen LogP contribution in [0.15, 0.2) is 76.4 Å². The van der Waals surface area contributed by atoms with E-state index < -0.39 is 11.8 Å². The summed E-state index contributed by atoms with van der Waals surface area (Å²) < 4.78 is 3.81. The van der Waals surface area contributed by atoms with Crippen molar-refractivity contribution in [2.45, 2.75) is 0 Å². The van der Waals surface area contributed by atoms with E-state index in [1.165, 1.54) is 10.9 Å². The molecular formula is C21H16BrN5O3. The van der Waals surface area contributed by atoms with Gasteiger partial charge >= 0.3 is 0 Å². The molecule has 150 valence electrons. The predicted octanol–water partition coefficient (Wildman–Crippen LogP) is 2.56. The highest BCUT2D eigenvalue weighted by molar-refractivity contribution is 9.10. The first kappa shape index (κ1) is 19.6. The van der Waals surface area contributed by atoms with E-state index in [-0.39, 0.29) is 5.56 Å². The van der Waals surface area contributed by atoms with Crippen LogP contribution in [0.5, 0.6) is 0 Å². The van der Waals surface area contributed by atoms with Gasteiger partial charge in [-0.15, -0.1) is 0 Å². The van der Waals surface area contributed by atoms with Crippen molar-refractivity contribution in [3.63, 3.8) is 0 Å². The van der Waals surface area contributed by atoms with Crippen molar-refractivity contribution in [1.82, 2.24) is 25.0 Å². The molecule has 2 aromatic heterocycles. The number of aryl methyl sites for hydroxylation is 1. The molecule has 9 heteroatoms. The van der Waals surface area contributed by atoms with Crippen molar-refractivity contribution in [2.24, 2.45) is 7.05 Å². The summed E-state index contributed by atoms with van der Waals surface area (Å²) in [7, 11) is 1.73. The van der Waals surface area contributed by atoms with Gasteiger partial charge in [-0.25, -0.2) is 4.98 Å². The lowest BCUT2D eigenvalue weighted by Crippen LogP contribution is -2.42. The zero-order valence-corrected chi connectivity index (χ0v) is 17.4. The third kappa shape index (κ3) is 3.74. The summed E-state index contributed by atoms with van der Waals surface area (Å²) in [4.78, 5) is 41.5. The molecule has 2 heterocycles. The maximum absolute atomic E-state index is 12.7. The highest BCUT2D eigenvalue weighted by Gasteiger charge is 2.13. The van der Waals surface area contributed by atoms with Gasteiger partial charge < -0.3 is 4.57 Å². The van der Waals surface area contributed by atoms with Gasteiger partial charge in [-0.05, 0) is 58.4 Å². The molecule has 0 saturated carbocycles. The van der Waals surface area contributed by atoms with E-state index in [9.17, 15) is 14.4 Å². The first-order valence-corrected chi connectivity index (χ1v) is 9.73. The minimum absolute atomic E-state index is 0.196. The Labute approximate surface area is 179 Å². The maximum atomic E-state index is 12.7. The highest BCUT2D eigenvalue weighted by atomic mass is 79.9. The number of aromatic nitrogens is 3. The number of halogens is 1. The first-order valence-electron chi connectivity index (χ1n) is 8.93. The molecule has 0 aliphatic heterocycles. The summed E-state index contributed by atoms with van der Waals surface area (Å²) in [5.41, 5.74) is 6.48. The number of carbonyl (C=O) groups is 2. The molecule has 4 aromatic rings. The fourth-order valence-electron chi connectivity index (χ4n) is 3.03. The van der Waals surface area contributed by atoms with Crippen molar-refractivity contribution in [2.75, 3.05) is 0 Å². The average molecular weight is 466 g/mol. The number of carbonyl (C=O) groups excluding carboxylic acids is 2. The van der Waals surface area contributed by atoms with Crippen LogP contribution in [0.3, 0.4) is 0 Å². The number of rotatable bonds is 3. The third-order valence-corrected chi connectivity index (χ3v) is 5.00. The number of fused-ring (bicyclic) bond motifs is 1. The van der Waals surface area contributed by atoms with E-state index in [2.05, 4.69) is 31.8 Å². The number of hydrazine groups is 1. The number of amides is 2. The Morgan fingerprint density at radius 3 is 2.40 bits per heavy atom. The molecule has 2 N–H and O–H groups in total. The number of para-hydroxylation sites is 1.